The lowest BCUT2D eigenvalue weighted by Gasteiger charge is -2.37. The third kappa shape index (κ3) is 6.19. The zero-order chi connectivity index (χ0) is 22.3. The molecule has 0 bridgehead atoms. The van der Waals surface area contributed by atoms with Crippen molar-refractivity contribution >= 4 is 11.8 Å². The van der Waals surface area contributed by atoms with Gasteiger partial charge in [0.25, 0.3) is 0 Å². The van der Waals surface area contributed by atoms with Gasteiger partial charge in [0, 0.05) is 44.0 Å². The van der Waals surface area contributed by atoms with Gasteiger partial charge in [-0.2, -0.15) is 4.98 Å². The Kier molecular flexibility index (Phi) is 8.37. The van der Waals surface area contributed by atoms with Crippen LogP contribution in [-0.2, 0) is 0 Å². The molecular formula is C27H46N6. The topological polar surface area (TPSA) is 47.5 Å². The van der Waals surface area contributed by atoms with Gasteiger partial charge >= 0.3 is 0 Å². The Morgan fingerprint density at radius 3 is 2.33 bits per heavy atom. The second-order valence-corrected chi connectivity index (χ2v) is 11.0. The molecule has 4 heterocycles. The molecule has 1 saturated carbocycles. The van der Waals surface area contributed by atoms with Crippen molar-refractivity contribution in [2.24, 2.45) is 0 Å². The fraction of sp³-hybridized carbons (Fsp3) is 0.852. The molecule has 1 N–H and O–H groups in total. The van der Waals surface area contributed by atoms with Crippen LogP contribution < -0.4 is 10.2 Å². The summed E-state index contributed by atoms with van der Waals surface area (Å²) < 4.78 is 0. The fourth-order valence-corrected chi connectivity index (χ4v) is 6.87. The van der Waals surface area contributed by atoms with E-state index in [1.165, 1.54) is 116 Å². The summed E-state index contributed by atoms with van der Waals surface area (Å²) in [5.41, 5.74) is 0. The number of nitrogens with zero attached hydrogens (tertiary/aromatic N) is 5. The van der Waals surface area contributed by atoms with Crippen LogP contribution in [0.25, 0.3) is 0 Å². The SMILES string of the molecule is c1cc(N2CCCCCC2)nc(N[C@H]2CCN(C3CCCCC3)[C@@H]2CCCN2CCCC2)n1. The van der Waals surface area contributed by atoms with E-state index in [4.69, 9.17) is 4.98 Å². The molecule has 0 unspecified atom stereocenters. The predicted octanol–water partition coefficient (Wildman–Crippen LogP) is 4.92. The summed E-state index contributed by atoms with van der Waals surface area (Å²) in [5, 5.41) is 3.83. The number of likely N-dealkylation sites (tertiary alicyclic amines) is 2. The Bertz CT molecular complexity index is 706. The third-order valence-electron chi connectivity index (χ3n) is 8.69. The first kappa shape index (κ1) is 23.3. The van der Waals surface area contributed by atoms with Gasteiger partial charge in [-0.3, -0.25) is 4.90 Å². The van der Waals surface area contributed by atoms with Gasteiger partial charge in [0.15, 0.2) is 0 Å². The number of anilines is 2. The van der Waals surface area contributed by atoms with E-state index >= 15 is 0 Å². The highest BCUT2D eigenvalue weighted by Crippen LogP contribution is 2.33. The molecule has 4 aliphatic rings. The Balaban J connectivity index is 1.24. The first-order chi connectivity index (χ1) is 16.4. The first-order valence-electron chi connectivity index (χ1n) is 14.2. The molecule has 3 saturated heterocycles. The van der Waals surface area contributed by atoms with Crippen molar-refractivity contribution in [3.05, 3.63) is 12.3 Å². The Morgan fingerprint density at radius 1 is 0.818 bits per heavy atom. The van der Waals surface area contributed by atoms with Gasteiger partial charge in [-0.25, -0.2) is 4.98 Å². The van der Waals surface area contributed by atoms with E-state index in [0.717, 1.165) is 30.9 Å². The summed E-state index contributed by atoms with van der Waals surface area (Å²) in [7, 11) is 0. The van der Waals surface area contributed by atoms with Crippen LogP contribution in [0.5, 0.6) is 0 Å². The van der Waals surface area contributed by atoms with Gasteiger partial charge in [0.1, 0.15) is 5.82 Å². The van der Waals surface area contributed by atoms with Crippen molar-refractivity contribution in [1.82, 2.24) is 19.8 Å². The van der Waals surface area contributed by atoms with Crippen LogP contribution >= 0.6 is 0 Å². The molecule has 0 radical (unpaired) electrons. The smallest absolute Gasteiger partial charge is 0.224 e. The lowest BCUT2D eigenvalue weighted by Crippen LogP contribution is -2.45. The highest BCUT2D eigenvalue weighted by molar-refractivity contribution is 5.43. The van der Waals surface area contributed by atoms with Crippen LogP contribution in [0.15, 0.2) is 12.3 Å². The van der Waals surface area contributed by atoms with Crippen LogP contribution in [0.3, 0.4) is 0 Å². The summed E-state index contributed by atoms with van der Waals surface area (Å²) in [5.74, 6) is 1.96. The van der Waals surface area contributed by atoms with E-state index in [1.807, 2.05) is 6.20 Å². The molecule has 33 heavy (non-hydrogen) atoms. The normalized spacial score (nSPS) is 28.3. The van der Waals surface area contributed by atoms with Crippen molar-refractivity contribution < 1.29 is 0 Å². The maximum absolute atomic E-state index is 4.99. The van der Waals surface area contributed by atoms with Crippen LogP contribution in [0.4, 0.5) is 11.8 Å². The molecule has 3 aliphatic heterocycles. The second-order valence-electron chi connectivity index (χ2n) is 11.0. The summed E-state index contributed by atoms with van der Waals surface area (Å²) >= 11 is 0. The lowest BCUT2D eigenvalue weighted by molar-refractivity contribution is 0.130. The predicted molar refractivity (Wildman–Crippen MR) is 137 cm³/mol. The second kappa shape index (κ2) is 11.8. The zero-order valence-corrected chi connectivity index (χ0v) is 20.8. The minimum Gasteiger partial charge on any atom is -0.356 e. The zero-order valence-electron chi connectivity index (χ0n) is 20.8. The van der Waals surface area contributed by atoms with Crippen molar-refractivity contribution in [3.63, 3.8) is 0 Å². The van der Waals surface area contributed by atoms with E-state index in [9.17, 15) is 0 Å². The number of hydrogen-bond acceptors (Lipinski definition) is 6. The molecule has 6 heteroatoms. The monoisotopic (exact) mass is 454 g/mol. The van der Waals surface area contributed by atoms with E-state index in [-0.39, 0.29) is 0 Å². The summed E-state index contributed by atoms with van der Waals surface area (Å²) in [6.07, 6.45) is 20.9. The van der Waals surface area contributed by atoms with Crippen LogP contribution in [0.1, 0.15) is 89.9 Å². The average Bonchev–Trinajstić information content (AvgIpc) is 3.42. The minimum absolute atomic E-state index is 0.477. The van der Waals surface area contributed by atoms with Gasteiger partial charge in [-0.05, 0) is 83.5 Å². The maximum atomic E-state index is 4.99. The molecule has 5 rings (SSSR count). The molecule has 4 fully saturated rings. The van der Waals surface area contributed by atoms with Gasteiger partial charge in [-0.1, -0.05) is 32.1 Å². The molecule has 1 aromatic rings. The van der Waals surface area contributed by atoms with Crippen molar-refractivity contribution in [2.75, 3.05) is 49.5 Å². The van der Waals surface area contributed by atoms with Gasteiger partial charge in [0.05, 0.1) is 0 Å². The maximum Gasteiger partial charge on any atom is 0.224 e. The van der Waals surface area contributed by atoms with Crippen molar-refractivity contribution in [3.8, 4) is 0 Å². The average molecular weight is 455 g/mol. The number of aromatic nitrogens is 2. The van der Waals surface area contributed by atoms with E-state index in [0.29, 0.717) is 12.1 Å². The molecule has 1 aliphatic carbocycles. The van der Waals surface area contributed by atoms with E-state index in [1.54, 1.807) is 0 Å². The molecule has 2 atom stereocenters. The number of nitrogens with one attached hydrogen (secondary N) is 1. The minimum atomic E-state index is 0.477. The summed E-state index contributed by atoms with van der Waals surface area (Å²) in [6.45, 7) is 7.42. The Labute approximate surface area is 201 Å². The Morgan fingerprint density at radius 2 is 1.55 bits per heavy atom. The highest BCUT2D eigenvalue weighted by Gasteiger charge is 2.38. The molecule has 6 nitrogen and oxygen atoms in total. The highest BCUT2D eigenvalue weighted by atomic mass is 15.3. The number of hydrogen-bond donors (Lipinski definition) is 1. The van der Waals surface area contributed by atoms with Gasteiger partial charge in [-0.15, -0.1) is 0 Å². The largest absolute Gasteiger partial charge is 0.356 e. The molecule has 0 aromatic carbocycles. The molecule has 0 amide bonds. The summed E-state index contributed by atoms with van der Waals surface area (Å²) in [4.78, 5) is 17.7. The van der Waals surface area contributed by atoms with Gasteiger partial charge < -0.3 is 15.1 Å². The third-order valence-corrected chi connectivity index (χ3v) is 8.69. The Hall–Kier alpha value is -1.40. The fourth-order valence-electron chi connectivity index (χ4n) is 6.87. The lowest BCUT2D eigenvalue weighted by atomic mass is 9.92. The quantitative estimate of drug-likeness (QED) is 0.602. The van der Waals surface area contributed by atoms with Crippen LogP contribution in [0.2, 0.25) is 0 Å². The first-order valence-corrected chi connectivity index (χ1v) is 14.2. The van der Waals surface area contributed by atoms with Crippen LogP contribution in [0, 0.1) is 0 Å². The van der Waals surface area contributed by atoms with Crippen LogP contribution in [-0.4, -0.2) is 77.2 Å². The van der Waals surface area contributed by atoms with E-state index in [2.05, 4.69) is 31.1 Å². The van der Waals surface area contributed by atoms with Crippen molar-refractivity contribution in [2.45, 2.75) is 108 Å². The van der Waals surface area contributed by atoms with E-state index < -0.39 is 0 Å². The molecule has 0 spiro atoms. The molecule has 184 valence electrons. The van der Waals surface area contributed by atoms with Crippen molar-refractivity contribution in [1.29, 1.82) is 0 Å². The number of rotatable bonds is 8. The molecular weight excluding hydrogens is 408 g/mol. The summed E-state index contributed by atoms with van der Waals surface area (Å²) in [6, 6.07) is 4.00. The molecule has 1 aromatic heterocycles. The van der Waals surface area contributed by atoms with Gasteiger partial charge in [0.2, 0.25) is 5.95 Å². The standard InChI is InChI=1S/C27H46N6/c1-2-7-21-32(20-6-1)26-14-16-28-27(30-26)29-24-15-22-33(23-11-4-3-5-12-23)25(24)13-10-19-31-17-8-9-18-31/h14,16,23-25H,1-13,15,17-22H2,(H,28,29,30)/t24-,25+/m0/s1.